The van der Waals surface area contributed by atoms with E-state index in [4.69, 9.17) is 4.74 Å². The van der Waals surface area contributed by atoms with Crippen LogP contribution < -0.4 is 4.74 Å². The Kier molecular flexibility index (Phi) is 3.34. The van der Waals surface area contributed by atoms with Gasteiger partial charge in [-0.15, -0.1) is 0 Å². The summed E-state index contributed by atoms with van der Waals surface area (Å²) in [5.74, 6) is 2.71. The van der Waals surface area contributed by atoms with Gasteiger partial charge in [0.1, 0.15) is 11.5 Å². The highest BCUT2D eigenvalue weighted by atomic mass is 16.5. The first-order valence-corrected chi connectivity index (χ1v) is 9.63. The van der Waals surface area contributed by atoms with Gasteiger partial charge < -0.3 is 9.84 Å². The summed E-state index contributed by atoms with van der Waals surface area (Å²) < 4.78 is 5.70. The van der Waals surface area contributed by atoms with E-state index in [1.807, 2.05) is 12.1 Å². The van der Waals surface area contributed by atoms with E-state index < -0.39 is 0 Å². The van der Waals surface area contributed by atoms with Crippen molar-refractivity contribution in [2.45, 2.75) is 71.6 Å². The molecule has 2 heteroatoms. The summed E-state index contributed by atoms with van der Waals surface area (Å²) in [6.45, 7) is 10.0. The summed E-state index contributed by atoms with van der Waals surface area (Å²) in [5, 5.41) is 10.1. The Morgan fingerprint density at radius 1 is 1.04 bits per heavy atom. The van der Waals surface area contributed by atoms with Crippen molar-refractivity contribution >= 4 is 0 Å². The second-order valence-electron chi connectivity index (χ2n) is 9.80. The SMILES string of the molecule is COc1cc(O)cc2c1[C@]1(C)CC[C@H]3C(C)(C)CCC[C@]3(C)[C@@H]1C2. The molecule has 24 heavy (non-hydrogen) atoms. The number of fused-ring (bicyclic) bond motifs is 5. The van der Waals surface area contributed by atoms with Gasteiger partial charge in [-0.2, -0.15) is 0 Å². The lowest BCUT2D eigenvalue weighted by atomic mass is 9.43. The largest absolute Gasteiger partial charge is 0.508 e. The maximum atomic E-state index is 10.1. The molecule has 0 bridgehead atoms. The molecule has 2 nitrogen and oxygen atoms in total. The van der Waals surface area contributed by atoms with E-state index >= 15 is 0 Å². The second-order valence-corrected chi connectivity index (χ2v) is 9.80. The molecular weight excluding hydrogens is 296 g/mol. The summed E-state index contributed by atoms with van der Waals surface area (Å²) in [6, 6.07) is 3.81. The Hall–Kier alpha value is -1.18. The molecule has 0 amide bonds. The van der Waals surface area contributed by atoms with Crippen LogP contribution in [0.2, 0.25) is 0 Å². The lowest BCUT2D eigenvalue weighted by molar-refractivity contribution is -0.0984. The predicted molar refractivity (Wildman–Crippen MR) is 97.7 cm³/mol. The number of hydrogen-bond acceptors (Lipinski definition) is 2. The molecule has 2 fully saturated rings. The molecule has 1 aromatic carbocycles. The number of phenols is 1. The Bertz CT molecular complexity index is 677. The molecule has 3 aliphatic rings. The van der Waals surface area contributed by atoms with Crippen molar-refractivity contribution in [2.24, 2.45) is 22.7 Å². The first-order chi connectivity index (χ1) is 11.2. The molecule has 3 aliphatic carbocycles. The van der Waals surface area contributed by atoms with Gasteiger partial charge in [0.15, 0.2) is 0 Å². The fourth-order valence-electron chi connectivity index (χ4n) is 7.25. The quantitative estimate of drug-likeness (QED) is 0.742. The average molecular weight is 328 g/mol. The molecule has 0 unspecified atom stereocenters. The van der Waals surface area contributed by atoms with Gasteiger partial charge >= 0.3 is 0 Å². The molecule has 0 radical (unpaired) electrons. The number of hydrogen-bond donors (Lipinski definition) is 1. The van der Waals surface area contributed by atoms with Crippen LogP contribution in [-0.4, -0.2) is 12.2 Å². The van der Waals surface area contributed by atoms with E-state index in [2.05, 4.69) is 27.7 Å². The van der Waals surface area contributed by atoms with Gasteiger partial charge in [0, 0.05) is 17.0 Å². The first-order valence-electron chi connectivity index (χ1n) is 9.63. The van der Waals surface area contributed by atoms with E-state index in [1.54, 1.807) is 7.11 Å². The van der Waals surface area contributed by atoms with Crippen LogP contribution in [0.25, 0.3) is 0 Å². The minimum atomic E-state index is 0.188. The van der Waals surface area contributed by atoms with Crippen molar-refractivity contribution in [2.75, 3.05) is 7.11 Å². The molecule has 4 atom stereocenters. The van der Waals surface area contributed by atoms with E-state index in [9.17, 15) is 5.11 Å². The number of ether oxygens (including phenoxy) is 1. The molecule has 0 aromatic heterocycles. The second kappa shape index (κ2) is 4.93. The summed E-state index contributed by atoms with van der Waals surface area (Å²) >= 11 is 0. The molecule has 2 saturated carbocycles. The summed E-state index contributed by atoms with van der Waals surface area (Å²) in [5.41, 5.74) is 3.75. The van der Waals surface area contributed by atoms with Crippen molar-refractivity contribution in [3.05, 3.63) is 23.3 Å². The molecule has 1 N–H and O–H groups in total. The summed E-state index contributed by atoms with van der Waals surface area (Å²) in [6.07, 6.45) is 7.73. The highest BCUT2D eigenvalue weighted by molar-refractivity contribution is 5.54. The number of phenolic OH excluding ortho intramolecular Hbond substituents is 1. The van der Waals surface area contributed by atoms with Gasteiger partial charge in [0.05, 0.1) is 7.11 Å². The van der Waals surface area contributed by atoms with E-state index in [0.29, 0.717) is 22.5 Å². The van der Waals surface area contributed by atoms with Crippen LogP contribution in [0, 0.1) is 22.7 Å². The zero-order valence-corrected chi connectivity index (χ0v) is 15.9. The average Bonchev–Trinajstić information content (AvgIpc) is 2.79. The van der Waals surface area contributed by atoms with Crippen molar-refractivity contribution < 1.29 is 9.84 Å². The van der Waals surface area contributed by atoms with Crippen molar-refractivity contribution in [1.82, 2.24) is 0 Å². The van der Waals surface area contributed by atoms with Crippen molar-refractivity contribution in [3.8, 4) is 11.5 Å². The monoisotopic (exact) mass is 328 g/mol. The van der Waals surface area contributed by atoms with Crippen LogP contribution in [0.1, 0.15) is 70.9 Å². The number of rotatable bonds is 1. The molecule has 0 aliphatic heterocycles. The predicted octanol–water partition coefficient (Wildman–Crippen LogP) is 5.46. The van der Waals surface area contributed by atoms with Gasteiger partial charge in [0.2, 0.25) is 0 Å². The van der Waals surface area contributed by atoms with Crippen molar-refractivity contribution in [3.63, 3.8) is 0 Å². The van der Waals surface area contributed by atoms with Crippen LogP contribution in [0.4, 0.5) is 0 Å². The highest BCUT2D eigenvalue weighted by Gasteiger charge is 2.61. The summed E-state index contributed by atoms with van der Waals surface area (Å²) in [7, 11) is 1.74. The third-order valence-corrected chi connectivity index (χ3v) is 8.18. The van der Waals surface area contributed by atoms with Gasteiger partial charge in [-0.1, -0.05) is 34.1 Å². The number of methoxy groups -OCH3 is 1. The van der Waals surface area contributed by atoms with E-state index in [0.717, 1.165) is 18.1 Å². The fraction of sp³-hybridized carbons (Fsp3) is 0.727. The minimum absolute atomic E-state index is 0.188. The lowest BCUT2D eigenvalue weighted by Crippen LogP contribution is -2.55. The van der Waals surface area contributed by atoms with E-state index in [-0.39, 0.29) is 5.41 Å². The Balaban J connectivity index is 1.84. The zero-order valence-electron chi connectivity index (χ0n) is 15.9. The van der Waals surface area contributed by atoms with Crippen molar-refractivity contribution in [1.29, 1.82) is 0 Å². The van der Waals surface area contributed by atoms with Gasteiger partial charge in [0.25, 0.3) is 0 Å². The third kappa shape index (κ3) is 1.95. The number of benzene rings is 1. The smallest absolute Gasteiger partial charge is 0.126 e. The maximum Gasteiger partial charge on any atom is 0.126 e. The zero-order chi connectivity index (χ0) is 17.3. The minimum Gasteiger partial charge on any atom is -0.508 e. The van der Waals surface area contributed by atoms with Gasteiger partial charge in [-0.05, 0) is 66.4 Å². The topological polar surface area (TPSA) is 29.5 Å². The lowest BCUT2D eigenvalue weighted by Gasteiger charge is -2.61. The highest BCUT2D eigenvalue weighted by Crippen LogP contribution is 2.68. The molecule has 4 rings (SSSR count). The van der Waals surface area contributed by atoms with Gasteiger partial charge in [-0.3, -0.25) is 0 Å². The summed E-state index contributed by atoms with van der Waals surface area (Å²) in [4.78, 5) is 0. The van der Waals surface area contributed by atoms with Crippen LogP contribution >= 0.6 is 0 Å². The molecule has 0 heterocycles. The number of aromatic hydroxyl groups is 1. The fourth-order valence-corrected chi connectivity index (χ4v) is 7.25. The standard InChI is InChI=1S/C22H32O2/c1-20(2)8-6-9-21(3)17(20)7-10-22(4)18(21)12-14-11-15(23)13-16(24-5)19(14)22/h11,13,17-18,23H,6-10,12H2,1-5H3/t17-,18-,21-,22+/m0/s1. The Labute approximate surface area is 146 Å². The van der Waals surface area contributed by atoms with Crippen LogP contribution in [0.3, 0.4) is 0 Å². The normalized spacial score (nSPS) is 39.7. The van der Waals surface area contributed by atoms with Gasteiger partial charge in [-0.25, -0.2) is 0 Å². The van der Waals surface area contributed by atoms with Crippen LogP contribution in [-0.2, 0) is 11.8 Å². The Morgan fingerprint density at radius 3 is 2.50 bits per heavy atom. The van der Waals surface area contributed by atoms with Crippen LogP contribution in [0.5, 0.6) is 11.5 Å². The Morgan fingerprint density at radius 2 is 1.79 bits per heavy atom. The molecule has 1 aromatic rings. The molecule has 0 saturated heterocycles. The maximum absolute atomic E-state index is 10.1. The van der Waals surface area contributed by atoms with E-state index in [1.165, 1.54) is 43.2 Å². The molecule has 132 valence electrons. The molecule has 0 spiro atoms. The third-order valence-electron chi connectivity index (χ3n) is 8.18. The molecular formula is C22H32O2. The first kappa shape index (κ1) is 16.3. The van der Waals surface area contributed by atoms with Crippen LogP contribution in [0.15, 0.2) is 12.1 Å².